The Bertz CT molecular complexity index is 975. The van der Waals surface area contributed by atoms with Crippen LogP contribution in [0.25, 0.3) is 6.08 Å². The highest BCUT2D eigenvalue weighted by Gasteiger charge is 2.13. The van der Waals surface area contributed by atoms with Gasteiger partial charge in [0.05, 0.1) is 7.14 Å². The third-order valence-electron chi connectivity index (χ3n) is 3.63. The molecule has 0 saturated carbocycles. The number of terminal acetylenes is 1. The molecule has 1 amide bonds. The third-order valence-corrected chi connectivity index (χ3v) is 5.23. The highest BCUT2D eigenvalue weighted by molar-refractivity contribution is 14.1. The molecule has 1 N–H and O–H groups in total. The topological polar surface area (TPSA) is 62.1 Å². The Hall–Kier alpha value is -2.04. The summed E-state index contributed by atoms with van der Waals surface area (Å²) in [6.07, 6.45) is 6.80. The fourth-order valence-corrected chi connectivity index (χ4v) is 4.50. The summed E-state index contributed by atoms with van der Waals surface area (Å²) in [6.45, 7) is 4.08. The van der Waals surface area contributed by atoms with E-state index in [2.05, 4.69) is 56.4 Å². The van der Waals surface area contributed by atoms with Gasteiger partial charge in [-0.15, -0.1) is 6.42 Å². The Labute approximate surface area is 186 Å². The number of amides is 1. The smallest absolute Gasteiger partial charge is 0.266 e. The second-order valence-electron chi connectivity index (χ2n) is 5.75. The molecule has 6 heteroatoms. The number of carbonyl (C=O) groups is 1. The summed E-state index contributed by atoms with van der Waals surface area (Å²) in [4.78, 5) is 12.5. The van der Waals surface area contributed by atoms with Crippen LogP contribution in [0.3, 0.4) is 0 Å². The Balaban J connectivity index is 2.28. The molecule has 0 atom stereocenters. The minimum Gasteiger partial charge on any atom is -0.479 e. The van der Waals surface area contributed by atoms with Crippen LogP contribution >= 0.6 is 45.2 Å². The van der Waals surface area contributed by atoms with Crippen LogP contribution in [-0.4, -0.2) is 12.5 Å². The maximum atomic E-state index is 12.5. The fourth-order valence-electron chi connectivity index (χ4n) is 2.37. The first kappa shape index (κ1) is 21.3. The van der Waals surface area contributed by atoms with E-state index in [9.17, 15) is 10.1 Å². The van der Waals surface area contributed by atoms with Crippen LogP contribution in [0.5, 0.6) is 5.75 Å². The molecule has 136 valence electrons. The largest absolute Gasteiger partial charge is 0.479 e. The van der Waals surface area contributed by atoms with Crippen molar-refractivity contribution in [2.45, 2.75) is 13.8 Å². The molecule has 2 rings (SSSR count). The van der Waals surface area contributed by atoms with Gasteiger partial charge in [0.2, 0.25) is 0 Å². The van der Waals surface area contributed by atoms with Crippen molar-refractivity contribution in [3.8, 4) is 24.2 Å². The van der Waals surface area contributed by atoms with Crippen LogP contribution < -0.4 is 10.1 Å². The molecule has 0 aliphatic carbocycles. The van der Waals surface area contributed by atoms with Gasteiger partial charge in [0.25, 0.3) is 5.91 Å². The number of hydrogen-bond acceptors (Lipinski definition) is 3. The monoisotopic (exact) mass is 582 g/mol. The second kappa shape index (κ2) is 9.77. The Morgan fingerprint density at radius 2 is 1.93 bits per heavy atom. The number of nitriles is 1. The molecule has 0 aliphatic rings. The van der Waals surface area contributed by atoms with Gasteiger partial charge in [-0.1, -0.05) is 23.6 Å². The molecule has 0 bridgehead atoms. The number of nitrogens with zero attached hydrogens (tertiary/aromatic N) is 1. The zero-order valence-corrected chi connectivity index (χ0v) is 19.1. The molecule has 0 heterocycles. The third kappa shape index (κ3) is 5.72. The van der Waals surface area contributed by atoms with Gasteiger partial charge in [-0.3, -0.25) is 4.79 Å². The van der Waals surface area contributed by atoms with Crippen LogP contribution in [-0.2, 0) is 4.79 Å². The van der Waals surface area contributed by atoms with Crippen molar-refractivity contribution >= 4 is 62.9 Å². The molecule has 4 nitrogen and oxygen atoms in total. The first-order valence-electron chi connectivity index (χ1n) is 7.91. The van der Waals surface area contributed by atoms with Crippen molar-refractivity contribution in [2.24, 2.45) is 0 Å². The summed E-state index contributed by atoms with van der Waals surface area (Å²) in [5, 5.41) is 12.2. The number of ether oxygens (including phenoxy) is 1. The maximum Gasteiger partial charge on any atom is 0.266 e. The number of rotatable bonds is 5. The number of benzene rings is 2. The summed E-state index contributed by atoms with van der Waals surface area (Å²) in [7, 11) is 0. The number of aryl methyl sites for hydroxylation is 2. The van der Waals surface area contributed by atoms with Crippen molar-refractivity contribution < 1.29 is 9.53 Å². The SMILES string of the molecule is C#CCOc1c(I)cc(/C=C(\C#N)C(=O)Nc2ccc(C)cc2C)cc1I. The molecule has 0 unspecified atom stereocenters. The molecule has 0 spiro atoms. The van der Waals surface area contributed by atoms with E-state index in [0.717, 1.165) is 23.8 Å². The second-order valence-corrected chi connectivity index (χ2v) is 8.07. The molecule has 0 aromatic heterocycles. The molecule has 27 heavy (non-hydrogen) atoms. The van der Waals surface area contributed by atoms with E-state index in [0.29, 0.717) is 11.4 Å². The number of carbonyl (C=O) groups excluding carboxylic acids is 1. The lowest BCUT2D eigenvalue weighted by molar-refractivity contribution is -0.112. The van der Waals surface area contributed by atoms with E-state index >= 15 is 0 Å². The van der Waals surface area contributed by atoms with Crippen LogP contribution in [0.1, 0.15) is 16.7 Å². The molecular weight excluding hydrogens is 566 g/mol. The molecule has 2 aromatic rings. The number of hydrogen-bond donors (Lipinski definition) is 1. The average Bonchev–Trinajstić information content (AvgIpc) is 2.61. The number of halogens is 2. The number of nitrogens with one attached hydrogen (secondary N) is 1. The summed E-state index contributed by atoms with van der Waals surface area (Å²) >= 11 is 4.28. The predicted octanol–water partition coefficient (Wildman–Crippen LogP) is 5.07. The first-order chi connectivity index (χ1) is 12.8. The average molecular weight is 582 g/mol. The van der Waals surface area contributed by atoms with Crippen molar-refractivity contribution in [2.75, 3.05) is 11.9 Å². The quantitative estimate of drug-likeness (QED) is 0.232. The minimum atomic E-state index is -0.442. The molecular formula is C21H16I2N2O2. The summed E-state index contributed by atoms with van der Waals surface area (Å²) in [5.74, 6) is 2.69. The molecule has 0 fully saturated rings. The standard InChI is InChI=1S/C21H16I2N2O2/c1-4-7-27-20-17(22)10-15(11-18(20)23)9-16(12-24)21(26)25-19-6-5-13(2)8-14(19)3/h1,5-6,8-11H,7H2,2-3H3,(H,25,26)/b16-9+. The van der Waals surface area contributed by atoms with Crippen molar-refractivity contribution in [3.63, 3.8) is 0 Å². The van der Waals surface area contributed by atoms with Crippen LogP contribution in [0.4, 0.5) is 5.69 Å². The molecule has 2 aromatic carbocycles. The van der Waals surface area contributed by atoms with Gasteiger partial charge in [-0.2, -0.15) is 5.26 Å². The molecule has 0 saturated heterocycles. The normalized spacial score (nSPS) is 10.7. The maximum absolute atomic E-state index is 12.5. The molecule has 0 aliphatic heterocycles. The van der Waals surface area contributed by atoms with Gasteiger partial charge < -0.3 is 10.1 Å². The van der Waals surface area contributed by atoms with E-state index in [1.807, 2.05) is 50.2 Å². The van der Waals surface area contributed by atoms with Gasteiger partial charge in [0.15, 0.2) is 0 Å². The van der Waals surface area contributed by atoms with Crippen molar-refractivity contribution in [1.82, 2.24) is 0 Å². The highest BCUT2D eigenvalue weighted by Crippen LogP contribution is 2.30. The zero-order chi connectivity index (χ0) is 20.0. The Morgan fingerprint density at radius 3 is 2.48 bits per heavy atom. The highest BCUT2D eigenvalue weighted by atomic mass is 127. The first-order valence-corrected chi connectivity index (χ1v) is 10.1. The van der Waals surface area contributed by atoms with E-state index < -0.39 is 5.91 Å². The van der Waals surface area contributed by atoms with Crippen LogP contribution in [0, 0.1) is 44.7 Å². The Morgan fingerprint density at radius 1 is 1.26 bits per heavy atom. The summed E-state index contributed by atoms with van der Waals surface area (Å²) < 4.78 is 7.25. The van der Waals surface area contributed by atoms with Crippen LogP contribution in [0.2, 0.25) is 0 Å². The van der Waals surface area contributed by atoms with Gasteiger partial charge in [-0.25, -0.2) is 0 Å². The van der Waals surface area contributed by atoms with Gasteiger partial charge in [0, 0.05) is 5.69 Å². The lowest BCUT2D eigenvalue weighted by atomic mass is 10.1. The van der Waals surface area contributed by atoms with E-state index in [1.165, 1.54) is 0 Å². The van der Waals surface area contributed by atoms with Crippen molar-refractivity contribution in [3.05, 3.63) is 59.7 Å². The fraction of sp³-hybridized carbons (Fsp3) is 0.143. The minimum absolute atomic E-state index is 0.0267. The lowest BCUT2D eigenvalue weighted by Crippen LogP contribution is -2.14. The molecule has 0 radical (unpaired) electrons. The van der Waals surface area contributed by atoms with Gasteiger partial charge >= 0.3 is 0 Å². The predicted molar refractivity (Wildman–Crippen MR) is 124 cm³/mol. The van der Waals surface area contributed by atoms with E-state index in [4.69, 9.17) is 11.2 Å². The summed E-state index contributed by atoms with van der Waals surface area (Å²) in [5.41, 5.74) is 3.51. The van der Waals surface area contributed by atoms with Gasteiger partial charge in [-0.05, 0) is 94.4 Å². The van der Waals surface area contributed by atoms with E-state index in [-0.39, 0.29) is 12.2 Å². The van der Waals surface area contributed by atoms with Crippen LogP contribution in [0.15, 0.2) is 35.9 Å². The number of anilines is 1. The summed E-state index contributed by atoms with van der Waals surface area (Å²) in [6, 6.07) is 11.4. The van der Waals surface area contributed by atoms with E-state index in [1.54, 1.807) is 6.08 Å². The Kier molecular flexibility index (Phi) is 7.69. The lowest BCUT2D eigenvalue weighted by Gasteiger charge is -2.10. The van der Waals surface area contributed by atoms with Gasteiger partial charge in [0.1, 0.15) is 24.0 Å². The zero-order valence-electron chi connectivity index (χ0n) is 14.8. The van der Waals surface area contributed by atoms with Crippen molar-refractivity contribution in [1.29, 1.82) is 5.26 Å².